The minimum Gasteiger partial charge on any atom is -0.490 e. The van der Waals surface area contributed by atoms with Crippen LogP contribution in [0.1, 0.15) is 49.3 Å². The molecule has 0 spiro atoms. The molecule has 4 aliphatic rings. The third kappa shape index (κ3) is 3.16. The van der Waals surface area contributed by atoms with E-state index >= 15 is 0 Å². The summed E-state index contributed by atoms with van der Waals surface area (Å²) >= 11 is 0. The number of hydrogen-bond donors (Lipinski definition) is 1. The minimum atomic E-state index is -0.940. The van der Waals surface area contributed by atoms with E-state index in [1.807, 2.05) is 35.2 Å². The number of piperidine rings is 1. The Bertz CT molecular complexity index is 1040. The van der Waals surface area contributed by atoms with Crippen LogP contribution in [0.4, 0.5) is 0 Å². The number of hydrogen-bond acceptors (Lipinski definition) is 5. The van der Waals surface area contributed by atoms with Crippen molar-refractivity contribution in [2.45, 2.75) is 69.2 Å². The molecule has 162 valence electrons. The fraction of sp³-hybridized carbons (Fsp3) is 0.480. The van der Waals surface area contributed by atoms with Gasteiger partial charge in [0.1, 0.15) is 11.9 Å². The van der Waals surface area contributed by atoms with Crippen LogP contribution >= 0.6 is 0 Å². The second-order valence-electron chi connectivity index (χ2n) is 9.45. The lowest BCUT2D eigenvalue weighted by molar-refractivity contribution is -0.141. The highest BCUT2D eigenvalue weighted by Crippen LogP contribution is 2.47. The van der Waals surface area contributed by atoms with Crippen LogP contribution in [0.2, 0.25) is 0 Å². The fourth-order valence-corrected chi connectivity index (χ4v) is 5.91. The van der Waals surface area contributed by atoms with Gasteiger partial charge in [0, 0.05) is 31.3 Å². The summed E-state index contributed by atoms with van der Waals surface area (Å²) < 4.78 is 16.7. The lowest BCUT2D eigenvalue weighted by Crippen LogP contribution is -2.52. The molecule has 2 saturated heterocycles. The van der Waals surface area contributed by atoms with Gasteiger partial charge < -0.3 is 24.2 Å². The van der Waals surface area contributed by atoms with Crippen molar-refractivity contribution in [3.05, 3.63) is 53.1 Å². The third-order valence-electron chi connectivity index (χ3n) is 7.28. The van der Waals surface area contributed by atoms with Gasteiger partial charge in [-0.1, -0.05) is 18.2 Å². The highest BCUT2D eigenvalue weighted by molar-refractivity contribution is 5.80. The number of rotatable bonds is 3. The second kappa shape index (κ2) is 6.89. The van der Waals surface area contributed by atoms with Crippen LogP contribution in [-0.4, -0.2) is 40.9 Å². The van der Waals surface area contributed by atoms with E-state index in [1.165, 1.54) is 5.56 Å². The quantitative estimate of drug-likeness (QED) is 0.824. The van der Waals surface area contributed by atoms with E-state index in [1.54, 1.807) is 0 Å². The van der Waals surface area contributed by atoms with E-state index in [2.05, 4.69) is 13.0 Å². The van der Waals surface area contributed by atoms with Gasteiger partial charge in [-0.3, -0.25) is 4.79 Å². The normalized spacial score (nSPS) is 30.3. The van der Waals surface area contributed by atoms with Crippen molar-refractivity contribution in [3.8, 4) is 17.2 Å². The SMILES string of the molecule is C[C@@H]1Cc2cc(CC(=O)N3[C@H]4CC[C@H]3CC(O)(c3ccc5c(c3)OCO5)C4)ccc2O1. The molecule has 2 aromatic rings. The molecule has 0 aromatic heterocycles. The average Bonchev–Trinajstić information content (AvgIpc) is 3.42. The fourth-order valence-electron chi connectivity index (χ4n) is 5.91. The zero-order chi connectivity index (χ0) is 21.2. The number of carbonyl (C=O) groups is 1. The molecule has 4 heterocycles. The predicted molar refractivity (Wildman–Crippen MR) is 113 cm³/mol. The summed E-state index contributed by atoms with van der Waals surface area (Å²) in [6.45, 7) is 2.29. The Morgan fingerprint density at radius 3 is 2.61 bits per heavy atom. The first-order valence-corrected chi connectivity index (χ1v) is 11.2. The van der Waals surface area contributed by atoms with Crippen molar-refractivity contribution in [2.75, 3.05) is 6.79 Å². The van der Waals surface area contributed by atoms with E-state index in [0.717, 1.165) is 41.9 Å². The number of fused-ring (bicyclic) bond motifs is 4. The molecule has 4 aliphatic heterocycles. The Balaban J connectivity index is 1.19. The monoisotopic (exact) mass is 421 g/mol. The molecule has 3 atom stereocenters. The summed E-state index contributed by atoms with van der Waals surface area (Å²) in [6, 6.07) is 11.9. The minimum absolute atomic E-state index is 0.0689. The summed E-state index contributed by atoms with van der Waals surface area (Å²) in [7, 11) is 0. The van der Waals surface area contributed by atoms with Crippen LogP contribution in [0.5, 0.6) is 17.2 Å². The van der Waals surface area contributed by atoms with Gasteiger partial charge in [0.2, 0.25) is 12.7 Å². The van der Waals surface area contributed by atoms with Crippen LogP contribution in [0.25, 0.3) is 0 Å². The molecule has 2 bridgehead atoms. The van der Waals surface area contributed by atoms with E-state index in [0.29, 0.717) is 25.0 Å². The van der Waals surface area contributed by atoms with Crippen molar-refractivity contribution < 1.29 is 24.1 Å². The number of aliphatic hydroxyl groups is 1. The average molecular weight is 421 g/mol. The zero-order valence-corrected chi connectivity index (χ0v) is 17.7. The number of nitrogens with zero attached hydrogens (tertiary/aromatic N) is 1. The van der Waals surface area contributed by atoms with Crippen LogP contribution in [0.3, 0.4) is 0 Å². The molecule has 1 amide bonds. The van der Waals surface area contributed by atoms with E-state index in [-0.39, 0.29) is 30.9 Å². The molecular weight excluding hydrogens is 394 g/mol. The van der Waals surface area contributed by atoms with Crippen LogP contribution in [0.15, 0.2) is 36.4 Å². The molecule has 6 nitrogen and oxygen atoms in total. The first kappa shape index (κ1) is 19.0. The molecule has 6 rings (SSSR count). The maximum Gasteiger partial charge on any atom is 0.231 e. The summed E-state index contributed by atoms with van der Waals surface area (Å²) in [4.78, 5) is 15.3. The van der Waals surface area contributed by atoms with Crippen LogP contribution in [0, 0.1) is 0 Å². The highest BCUT2D eigenvalue weighted by atomic mass is 16.7. The third-order valence-corrected chi connectivity index (χ3v) is 7.28. The largest absolute Gasteiger partial charge is 0.490 e. The maximum absolute atomic E-state index is 13.3. The van der Waals surface area contributed by atoms with E-state index < -0.39 is 5.60 Å². The van der Waals surface area contributed by atoms with Crippen molar-refractivity contribution >= 4 is 5.91 Å². The molecule has 0 unspecified atom stereocenters. The number of benzene rings is 2. The molecule has 6 heteroatoms. The molecule has 0 aliphatic carbocycles. The van der Waals surface area contributed by atoms with Gasteiger partial charge in [-0.2, -0.15) is 0 Å². The molecule has 0 saturated carbocycles. The number of amides is 1. The summed E-state index contributed by atoms with van der Waals surface area (Å²) in [5.41, 5.74) is 2.15. The smallest absolute Gasteiger partial charge is 0.231 e. The lowest BCUT2D eigenvalue weighted by Gasteiger charge is -2.44. The van der Waals surface area contributed by atoms with Gasteiger partial charge in [-0.05, 0) is 54.7 Å². The first-order chi connectivity index (χ1) is 15.0. The van der Waals surface area contributed by atoms with Gasteiger partial charge in [0.05, 0.1) is 12.0 Å². The standard InChI is InChI=1S/C25H27NO5/c1-15-8-17-9-16(2-6-21(17)31-15)10-24(27)26-19-4-5-20(26)13-25(28,12-19)18-3-7-22-23(11-18)30-14-29-22/h2-3,6-7,9,11,15,19-20,28H,4-5,8,10,12-14H2,1H3/t15-,19+,20+/m1/s1. The first-order valence-electron chi connectivity index (χ1n) is 11.2. The highest BCUT2D eigenvalue weighted by Gasteiger charge is 2.50. The topological polar surface area (TPSA) is 68.2 Å². The Hall–Kier alpha value is -2.73. The van der Waals surface area contributed by atoms with Crippen molar-refractivity contribution in [2.24, 2.45) is 0 Å². The molecular formula is C25H27NO5. The second-order valence-corrected chi connectivity index (χ2v) is 9.45. The summed E-state index contributed by atoms with van der Waals surface area (Å²) in [5, 5.41) is 11.5. The summed E-state index contributed by atoms with van der Waals surface area (Å²) in [5.74, 6) is 2.51. The maximum atomic E-state index is 13.3. The Morgan fingerprint density at radius 1 is 1.06 bits per heavy atom. The molecule has 0 radical (unpaired) electrons. The van der Waals surface area contributed by atoms with Gasteiger partial charge >= 0.3 is 0 Å². The van der Waals surface area contributed by atoms with Gasteiger partial charge in [0.15, 0.2) is 11.5 Å². The number of ether oxygens (including phenoxy) is 3. The van der Waals surface area contributed by atoms with Gasteiger partial charge in [-0.15, -0.1) is 0 Å². The van der Waals surface area contributed by atoms with Crippen molar-refractivity contribution in [3.63, 3.8) is 0 Å². The van der Waals surface area contributed by atoms with Crippen LogP contribution in [-0.2, 0) is 23.2 Å². The Kier molecular flexibility index (Phi) is 4.22. The van der Waals surface area contributed by atoms with Crippen molar-refractivity contribution in [1.29, 1.82) is 0 Å². The summed E-state index contributed by atoms with van der Waals surface area (Å²) in [6.07, 6.45) is 4.51. The Morgan fingerprint density at radius 2 is 1.81 bits per heavy atom. The van der Waals surface area contributed by atoms with E-state index in [4.69, 9.17) is 14.2 Å². The van der Waals surface area contributed by atoms with Gasteiger partial charge in [-0.25, -0.2) is 0 Å². The molecule has 31 heavy (non-hydrogen) atoms. The Labute approximate surface area is 181 Å². The van der Waals surface area contributed by atoms with Crippen molar-refractivity contribution in [1.82, 2.24) is 4.90 Å². The number of carbonyl (C=O) groups excluding carboxylic acids is 1. The van der Waals surface area contributed by atoms with Gasteiger partial charge in [0.25, 0.3) is 0 Å². The molecule has 2 aromatic carbocycles. The lowest BCUT2D eigenvalue weighted by atomic mass is 9.80. The zero-order valence-electron chi connectivity index (χ0n) is 17.7. The molecule has 2 fully saturated rings. The molecule has 1 N–H and O–H groups in total. The van der Waals surface area contributed by atoms with E-state index in [9.17, 15) is 9.90 Å². The van der Waals surface area contributed by atoms with Crippen LogP contribution < -0.4 is 14.2 Å². The predicted octanol–water partition coefficient (Wildman–Crippen LogP) is 3.32.